The van der Waals surface area contributed by atoms with Crippen LogP contribution in [0.1, 0.15) is 53.4 Å². The molecule has 1 aliphatic carbocycles. The number of allylic oxidation sites excluding steroid dienone is 3. The molecule has 0 aliphatic heterocycles. The van der Waals surface area contributed by atoms with E-state index in [9.17, 15) is 5.11 Å². The maximum absolute atomic E-state index is 9.83. The largest absolute Gasteiger partial charge is 0.386 e. The molecule has 0 aromatic carbocycles. The molecule has 0 radical (unpaired) electrons. The second kappa shape index (κ2) is 5.67. The Morgan fingerprint density at radius 2 is 2.25 bits per heavy atom. The summed E-state index contributed by atoms with van der Waals surface area (Å²) >= 11 is 0. The third kappa shape index (κ3) is 4.52. The molecule has 0 fully saturated rings. The lowest BCUT2D eigenvalue weighted by molar-refractivity contribution is 0.0833. The summed E-state index contributed by atoms with van der Waals surface area (Å²) in [4.78, 5) is 0. The Morgan fingerprint density at radius 1 is 1.56 bits per heavy atom. The molecule has 1 nitrogen and oxygen atoms in total. The Labute approximate surface area is 100 Å². The van der Waals surface area contributed by atoms with Crippen molar-refractivity contribution in [1.29, 1.82) is 0 Å². The third-order valence-electron chi connectivity index (χ3n) is 3.59. The van der Waals surface area contributed by atoms with E-state index in [1.54, 1.807) is 0 Å². The van der Waals surface area contributed by atoms with Crippen molar-refractivity contribution in [2.45, 2.75) is 59.0 Å². The van der Waals surface area contributed by atoms with Crippen molar-refractivity contribution in [3.8, 4) is 0 Å². The van der Waals surface area contributed by atoms with Gasteiger partial charge in [0.2, 0.25) is 0 Å². The minimum atomic E-state index is -0.559. The van der Waals surface area contributed by atoms with E-state index >= 15 is 0 Å². The Balaban J connectivity index is 2.39. The Bertz CT molecular complexity index is 269. The fourth-order valence-corrected chi connectivity index (χ4v) is 2.29. The summed E-state index contributed by atoms with van der Waals surface area (Å²) in [7, 11) is 0. The van der Waals surface area contributed by atoms with Gasteiger partial charge in [-0.05, 0) is 58.3 Å². The number of hydrogen-bond acceptors (Lipinski definition) is 1. The van der Waals surface area contributed by atoms with Crippen LogP contribution in [0.3, 0.4) is 0 Å². The molecule has 0 amide bonds. The van der Waals surface area contributed by atoms with Crippen LogP contribution in [0.4, 0.5) is 0 Å². The average Bonchev–Trinajstić information content (AvgIpc) is 2.16. The monoisotopic (exact) mass is 222 g/mol. The molecular weight excluding hydrogens is 196 g/mol. The van der Waals surface area contributed by atoms with Gasteiger partial charge in [0.15, 0.2) is 0 Å². The molecule has 0 saturated carbocycles. The standard InChI is InChI=1S/C15H26O/c1-12(2)6-5-7-13(3)14-8-10-15(4,16)11-9-14/h6,8,10,13-14,16H,5,7,9,11H2,1-4H3/t13?,14-,15+/m1/s1. The first-order chi connectivity index (χ1) is 7.41. The van der Waals surface area contributed by atoms with Gasteiger partial charge in [-0.1, -0.05) is 30.7 Å². The first-order valence-electron chi connectivity index (χ1n) is 6.46. The maximum Gasteiger partial charge on any atom is 0.0800 e. The molecule has 16 heavy (non-hydrogen) atoms. The lowest BCUT2D eigenvalue weighted by atomic mass is 9.79. The van der Waals surface area contributed by atoms with Crippen LogP contribution in [-0.4, -0.2) is 10.7 Å². The van der Waals surface area contributed by atoms with Crippen LogP contribution >= 0.6 is 0 Å². The zero-order valence-electron chi connectivity index (χ0n) is 11.2. The van der Waals surface area contributed by atoms with Crippen LogP contribution in [0.5, 0.6) is 0 Å². The summed E-state index contributed by atoms with van der Waals surface area (Å²) in [5, 5.41) is 9.83. The summed E-state index contributed by atoms with van der Waals surface area (Å²) in [6, 6.07) is 0. The van der Waals surface area contributed by atoms with E-state index in [0.29, 0.717) is 5.92 Å². The Kier molecular flexibility index (Phi) is 4.79. The van der Waals surface area contributed by atoms with Gasteiger partial charge in [-0.2, -0.15) is 0 Å². The van der Waals surface area contributed by atoms with Crippen molar-refractivity contribution in [2.24, 2.45) is 11.8 Å². The first kappa shape index (κ1) is 13.5. The normalized spacial score (nSPS) is 31.2. The van der Waals surface area contributed by atoms with Gasteiger partial charge < -0.3 is 5.11 Å². The van der Waals surface area contributed by atoms with Crippen LogP contribution in [0.2, 0.25) is 0 Å². The minimum Gasteiger partial charge on any atom is -0.386 e. The molecule has 0 saturated heterocycles. The zero-order valence-corrected chi connectivity index (χ0v) is 11.2. The average molecular weight is 222 g/mol. The van der Waals surface area contributed by atoms with Crippen LogP contribution < -0.4 is 0 Å². The first-order valence-corrected chi connectivity index (χ1v) is 6.46. The molecule has 1 aliphatic rings. The van der Waals surface area contributed by atoms with Crippen LogP contribution in [0.25, 0.3) is 0 Å². The van der Waals surface area contributed by atoms with E-state index in [4.69, 9.17) is 0 Å². The van der Waals surface area contributed by atoms with Gasteiger partial charge in [0.25, 0.3) is 0 Å². The summed E-state index contributed by atoms with van der Waals surface area (Å²) in [6.45, 7) is 8.53. The molecule has 0 spiro atoms. The van der Waals surface area contributed by atoms with Crippen molar-refractivity contribution in [3.63, 3.8) is 0 Å². The SMILES string of the molecule is CC(C)=CCCC(C)[C@@H]1C=C[C@](C)(O)CC1. The van der Waals surface area contributed by atoms with E-state index in [-0.39, 0.29) is 0 Å². The number of aliphatic hydroxyl groups is 1. The lowest BCUT2D eigenvalue weighted by Gasteiger charge is -2.30. The van der Waals surface area contributed by atoms with Gasteiger partial charge in [-0.15, -0.1) is 0 Å². The fourth-order valence-electron chi connectivity index (χ4n) is 2.29. The van der Waals surface area contributed by atoms with Crippen LogP contribution in [0, 0.1) is 11.8 Å². The molecule has 1 N–H and O–H groups in total. The lowest BCUT2D eigenvalue weighted by Crippen LogP contribution is -2.27. The second-order valence-electron chi connectivity index (χ2n) is 5.75. The van der Waals surface area contributed by atoms with Gasteiger partial charge in [0, 0.05) is 0 Å². The van der Waals surface area contributed by atoms with Crippen molar-refractivity contribution in [1.82, 2.24) is 0 Å². The number of rotatable bonds is 4. The van der Waals surface area contributed by atoms with Crippen LogP contribution in [0.15, 0.2) is 23.8 Å². The summed E-state index contributed by atoms with van der Waals surface area (Å²) in [5.41, 5.74) is 0.852. The van der Waals surface area contributed by atoms with E-state index in [1.165, 1.54) is 18.4 Å². The molecule has 0 bridgehead atoms. The molecule has 1 unspecified atom stereocenters. The summed E-state index contributed by atoms with van der Waals surface area (Å²) < 4.78 is 0. The molecule has 1 rings (SSSR count). The highest BCUT2D eigenvalue weighted by atomic mass is 16.3. The summed E-state index contributed by atoms with van der Waals surface area (Å²) in [6.07, 6.45) is 11.0. The highest BCUT2D eigenvalue weighted by Crippen LogP contribution is 2.31. The molecule has 0 aromatic heterocycles. The smallest absolute Gasteiger partial charge is 0.0800 e. The van der Waals surface area contributed by atoms with E-state index in [1.807, 2.05) is 13.0 Å². The van der Waals surface area contributed by atoms with Crippen molar-refractivity contribution < 1.29 is 5.11 Å². The zero-order chi connectivity index (χ0) is 12.2. The quantitative estimate of drug-likeness (QED) is 0.710. The van der Waals surface area contributed by atoms with E-state index < -0.39 is 5.60 Å². The van der Waals surface area contributed by atoms with E-state index in [0.717, 1.165) is 18.8 Å². The Morgan fingerprint density at radius 3 is 2.75 bits per heavy atom. The predicted octanol–water partition coefficient (Wildman–Crippen LogP) is 4.09. The van der Waals surface area contributed by atoms with Crippen molar-refractivity contribution in [3.05, 3.63) is 23.8 Å². The molecule has 1 heteroatoms. The second-order valence-corrected chi connectivity index (χ2v) is 5.75. The minimum absolute atomic E-state index is 0.559. The van der Waals surface area contributed by atoms with Crippen molar-refractivity contribution >= 4 is 0 Å². The van der Waals surface area contributed by atoms with Gasteiger partial charge in [0.05, 0.1) is 5.60 Å². The highest BCUT2D eigenvalue weighted by molar-refractivity contribution is 5.06. The van der Waals surface area contributed by atoms with Gasteiger partial charge in [-0.3, -0.25) is 0 Å². The third-order valence-corrected chi connectivity index (χ3v) is 3.59. The summed E-state index contributed by atoms with van der Waals surface area (Å²) in [5.74, 6) is 1.38. The molecule has 3 atom stereocenters. The van der Waals surface area contributed by atoms with E-state index in [2.05, 4.69) is 32.9 Å². The van der Waals surface area contributed by atoms with Crippen molar-refractivity contribution in [2.75, 3.05) is 0 Å². The van der Waals surface area contributed by atoms with Gasteiger partial charge >= 0.3 is 0 Å². The molecule has 0 heterocycles. The molecular formula is C15H26O. The predicted molar refractivity (Wildman–Crippen MR) is 70.3 cm³/mol. The van der Waals surface area contributed by atoms with Gasteiger partial charge in [0.1, 0.15) is 0 Å². The Hall–Kier alpha value is -0.560. The topological polar surface area (TPSA) is 20.2 Å². The maximum atomic E-state index is 9.83. The highest BCUT2D eigenvalue weighted by Gasteiger charge is 2.25. The fraction of sp³-hybridized carbons (Fsp3) is 0.733. The van der Waals surface area contributed by atoms with Crippen LogP contribution in [-0.2, 0) is 0 Å². The van der Waals surface area contributed by atoms with Gasteiger partial charge in [-0.25, -0.2) is 0 Å². The number of hydrogen-bond donors (Lipinski definition) is 1. The molecule has 92 valence electrons. The molecule has 0 aromatic rings.